The molecular formula is C16H20N2O2. The summed E-state index contributed by atoms with van der Waals surface area (Å²) in [5.41, 5.74) is 2.12. The van der Waals surface area contributed by atoms with E-state index >= 15 is 0 Å². The zero-order chi connectivity index (χ0) is 14.4. The maximum Gasteiger partial charge on any atom is 0.127 e. The van der Waals surface area contributed by atoms with Crippen LogP contribution in [0.4, 0.5) is 0 Å². The molecule has 0 fully saturated rings. The number of hydrogen-bond acceptors (Lipinski definition) is 4. The molecule has 0 spiro atoms. The third-order valence-electron chi connectivity index (χ3n) is 3.22. The SMILES string of the molecule is COc1ccc(CNC(C)c2ccccn2)c(OC)c1. The third kappa shape index (κ3) is 3.48. The van der Waals surface area contributed by atoms with E-state index in [2.05, 4.69) is 17.2 Å². The van der Waals surface area contributed by atoms with Crippen LogP contribution in [0.5, 0.6) is 11.5 Å². The van der Waals surface area contributed by atoms with Crippen molar-refractivity contribution in [1.29, 1.82) is 0 Å². The molecule has 1 aromatic carbocycles. The van der Waals surface area contributed by atoms with Crippen LogP contribution < -0.4 is 14.8 Å². The molecule has 0 saturated carbocycles. The highest BCUT2D eigenvalue weighted by atomic mass is 16.5. The monoisotopic (exact) mass is 272 g/mol. The number of rotatable bonds is 6. The Hall–Kier alpha value is -2.07. The zero-order valence-electron chi connectivity index (χ0n) is 12.1. The van der Waals surface area contributed by atoms with Crippen LogP contribution >= 0.6 is 0 Å². The van der Waals surface area contributed by atoms with Crippen LogP contribution in [0.25, 0.3) is 0 Å². The third-order valence-corrected chi connectivity index (χ3v) is 3.22. The van der Waals surface area contributed by atoms with Crippen LogP contribution in [0, 0.1) is 0 Å². The molecule has 0 amide bonds. The second-order valence-corrected chi connectivity index (χ2v) is 4.53. The predicted molar refractivity (Wildman–Crippen MR) is 79.0 cm³/mol. The second kappa shape index (κ2) is 6.91. The molecule has 0 radical (unpaired) electrons. The number of nitrogens with zero attached hydrogens (tertiary/aromatic N) is 1. The van der Waals surface area contributed by atoms with Crippen molar-refractivity contribution < 1.29 is 9.47 Å². The minimum atomic E-state index is 0.183. The van der Waals surface area contributed by atoms with Gasteiger partial charge in [0, 0.05) is 30.4 Å². The lowest BCUT2D eigenvalue weighted by molar-refractivity contribution is 0.388. The summed E-state index contributed by atoms with van der Waals surface area (Å²) in [4.78, 5) is 4.35. The summed E-state index contributed by atoms with van der Waals surface area (Å²) in [6.07, 6.45) is 1.81. The van der Waals surface area contributed by atoms with Gasteiger partial charge in [0.2, 0.25) is 0 Å². The lowest BCUT2D eigenvalue weighted by Gasteiger charge is -2.15. The summed E-state index contributed by atoms with van der Waals surface area (Å²) >= 11 is 0. The summed E-state index contributed by atoms with van der Waals surface area (Å²) < 4.78 is 10.6. The first-order valence-corrected chi connectivity index (χ1v) is 6.60. The average Bonchev–Trinajstić information content (AvgIpc) is 2.53. The van der Waals surface area contributed by atoms with E-state index in [1.54, 1.807) is 14.2 Å². The van der Waals surface area contributed by atoms with Crippen LogP contribution in [-0.4, -0.2) is 19.2 Å². The fourth-order valence-corrected chi connectivity index (χ4v) is 2.00. The maximum atomic E-state index is 5.39. The molecule has 1 heterocycles. The molecule has 0 aliphatic heterocycles. The first-order valence-electron chi connectivity index (χ1n) is 6.60. The minimum absolute atomic E-state index is 0.183. The van der Waals surface area contributed by atoms with Gasteiger partial charge in [0.05, 0.1) is 19.9 Å². The number of benzene rings is 1. The fraction of sp³-hybridized carbons (Fsp3) is 0.312. The Morgan fingerprint density at radius 1 is 1.15 bits per heavy atom. The molecule has 0 aliphatic carbocycles. The smallest absolute Gasteiger partial charge is 0.127 e. The lowest BCUT2D eigenvalue weighted by atomic mass is 10.1. The number of nitrogens with one attached hydrogen (secondary N) is 1. The van der Waals surface area contributed by atoms with Crippen LogP contribution in [0.15, 0.2) is 42.6 Å². The van der Waals surface area contributed by atoms with Gasteiger partial charge in [0.15, 0.2) is 0 Å². The molecule has 2 rings (SSSR count). The van der Waals surface area contributed by atoms with E-state index in [9.17, 15) is 0 Å². The Labute approximate surface area is 119 Å². The number of aromatic nitrogens is 1. The van der Waals surface area contributed by atoms with Crippen molar-refractivity contribution in [2.75, 3.05) is 14.2 Å². The summed E-state index contributed by atoms with van der Waals surface area (Å²) in [6, 6.07) is 12.0. The molecule has 0 aliphatic rings. The molecule has 106 valence electrons. The summed E-state index contributed by atoms with van der Waals surface area (Å²) in [5, 5.41) is 3.44. The Balaban J connectivity index is 2.03. The Morgan fingerprint density at radius 2 is 2.00 bits per heavy atom. The van der Waals surface area contributed by atoms with Gasteiger partial charge in [-0.15, -0.1) is 0 Å². The molecule has 4 heteroatoms. The standard InChI is InChI=1S/C16H20N2O2/c1-12(15-6-4-5-9-17-15)18-11-13-7-8-14(19-2)10-16(13)20-3/h4-10,12,18H,11H2,1-3H3. The number of ether oxygens (including phenoxy) is 2. The van der Waals surface area contributed by atoms with Gasteiger partial charge in [0.1, 0.15) is 11.5 Å². The maximum absolute atomic E-state index is 5.39. The molecular weight excluding hydrogens is 252 g/mol. The van der Waals surface area contributed by atoms with Gasteiger partial charge in [-0.1, -0.05) is 12.1 Å². The van der Waals surface area contributed by atoms with E-state index < -0.39 is 0 Å². The summed E-state index contributed by atoms with van der Waals surface area (Å²) in [6.45, 7) is 2.81. The molecule has 1 aromatic heterocycles. The lowest BCUT2D eigenvalue weighted by Crippen LogP contribution is -2.19. The molecule has 1 atom stereocenters. The van der Waals surface area contributed by atoms with Crippen molar-refractivity contribution >= 4 is 0 Å². The van der Waals surface area contributed by atoms with Crippen molar-refractivity contribution in [2.24, 2.45) is 0 Å². The van der Waals surface area contributed by atoms with Crippen molar-refractivity contribution in [1.82, 2.24) is 10.3 Å². The normalized spacial score (nSPS) is 11.9. The van der Waals surface area contributed by atoms with Gasteiger partial charge in [0.25, 0.3) is 0 Å². The van der Waals surface area contributed by atoms with Gasteiger partial charge >= 0.3 is 0 Å². The Morgan fingerprint density at radius 3 is 2.65 bits per heavy atom. The first kappa shape index (κ1) is 14.3. The quantitative estimate of drug-likeness (QED) is 0.878. The molecule has 20 heavy (non-hydrogen) atoms. The Kier molecular flexibility index (Phi) is 4.96. The van der Waals surface area contributed by atoms with E-state index in [1.807, 2.05) is 42.6 Å². The van der Waals surface area contributed by atoms with Gasteiger partial charge < -0.3 is 14.8 Å². The number of hydrogen-bond donors (Lipinski definition) is 1. The van der Waals surface area contributed by atoms with Crippen LogP contribution in [0.1, 0.15) is 24.2 Å². The van der Waals surface area contributed by atoms with E-state index in [0.29, 0.717) is 6.54 Å². The van der Waals surface area contributed by atoms with Crippen molar-refractivity contribution in [3.63, 3.8) is 0 Å². The van der Waals surface area contributed by atoms with E-state index in [4.69, 9.17) is 9.47 Å². The van der Waals surface area contributed by atoms with E-state index in [0.717, 1.165) is 22.8 Å². The van der Waals surface area contributed by atoms with Crippen molar-refractivity contribution in [2.45, 2.75) is 19.5 Å². The molecule has 2 aromatic rings. The van der Waals surface area contributed by atoms with Gasteiger partial charge in [-0.25, -0.2) is 0 Å². The topological polar surface area (TPSA) is 43.4 Å². The highest BCUT2D eigenvalue weighted by molar-refractivity contribution is 5.40. The van der Waals surface area contributed by atoms with Crippen molar-refractivity contribution in [3.8, 4) is 11.5 Å². The first-order chi connectivity index (χ1) is 9.74. The Bertz CT molecular complexity index is 543. The van der Waals surface area contributed by atoms with Crippen molar-refractivity contribution in [3.05, 3.63) is 53.9 Å². The van der Waals surface area contributed by atoms with Crippen LogP contribution in [0.2, 0.25) is 0 Å². The zero-order valence-corrected chi connectivity index (χ0v) is 12.1. The fourth-order valence-electron chi connectivity index (χ4n) is 2.00. The van der Waals surface area contributed by atoms with Gasteiger partial charge in [-0.2, -0.15) is 0 Å². The largest absolute Gasteiger partial charge is 0.497 e. The minimum Gasteiger partial charge on any atom is -0.497 e. The van der Waals surface area contributed by atoms with E-state index in [1.165, 1.54) is 0 Å². The molecule has 0 saturated heterocycles. The van der Waals surface area contributed by atoms with E-state index in [-0.39, 0.29) is 6.04 Å². The number of pyridine rings is 1. The van der Waals surface area contributed by atoms with Gasteiger partial charge in [-0.3, -0.25) is 4.98 Å². The number of methoxy groups -OCH3 is 2. The highest BCUT2D eigenvalue weighted by Crippen LogP contribution is 2.25. The molecule has 1 N–H and O–H groups in total. The average molecular weight is 272 g/mol. The molecule has 1 unspecified atom stereocenters. The predicted octanol–water partition coefficient (Wildman–Crippen LogP) is 2.95. The van der Waals surface area contributed by atoms with Crippen LogP contribution in [-0.2, 0) is 6.54 Å². The highest BCUT2D eigenvalue weighted by Gasteiger charge is 2.09. The summed E-state index contributed by atoms with van der Waals surface area (Å²) in [7, 11) is 3.32. The molecule has 0 bridgehead atoms. The molecule has 4 nitrogen and oxygen atoms in total. The summed E-state index contributed by atoms with van der Waals surface area (Å²) in [5.74, 6) is 1.62. The van der Waals surface area contributed by atoms with Gasteiger partial charge in [-0.05, 0) is 25.1 Å². The van der Waals surface area contributed by atoms with Crippen LogP contribution in [0.3, 0.4) is 0 Å². The second-order valence-electron chi connectivity index (χ2n) is 4.53.